The fraction of sp³-hybridized carbons (Fsp3) is 0.0833. The monoisotopic (exact) mass is 229 g/mol. The van der Waals surface area contributed by atoms with Crippen LogP contribution in [0.1, 0.15) is 15.9 Å². The third-order valence-corrected chi connectivity index (χ3v) is 2.28. The third kappa shape index (κ3) is 2.57. The van der Waals surface area contributed by atoms with Crippen LogP contribution in [0.3, 0.4) is 0 Å². The normalized spacial score (nSPS) is 9.94. The number of aromatic nitrogens is 2. The Kier molecular flexibility index (Phi) is 3.00. The van der Waals surface area contributed by atoms with Crippen LogP contribution in [0, 0.1) is 6.92 Å². The van der Waals surface area contributed by atoms with Gasteiger partial charge in [-0.2, -0.15) is 0 Å². The molecule has 17 heavy (non-hydrogen) atoms. The topological polar surface area (TPSA) is 75.1 Å². The van der Waals surface area contributed by atoms with E-state index in [1.54, 1.807) is 19.1 Å². The van der Waals surface area contributed by atoms with E-state index in [0.29, 0.717) is 16.8 Å². The number of aryl methyl sites for hydroxylation is 1. The first-order valence-corrected chi connectivity index (χ1v) is 5.03. The molecule has 1 aromatic heterocycles. The molecule has 2 aromatic rings. The molecule has 86 valence electrons. The summed E-state index contributed by atoms with van der Waals surface area (Å²) < 4.78 is 0. The molecule has 0 spiro atoms. The molecule has 1 aromatic carbocycles. The predicted octanol–water partition coefficient (Wildman–Crippen LogP) is 1.74. The summed E-state index contributed by atoms with van der Waals surface area (Å²) in [7, 11) is 0. The van der Waals surface area contributed by atoms with Gasteiger partial charge in [0.1, 0.15) is 12.1 Å². The molecule has 0 aliphatic rings. The summed E-state index contributed by atoms with van der Waals surface area (Å²) in [5, 5.41) is 12.1. The minimum Gasteiger partial charge on any atom is -0.508 e. The smallest absolute Gasteiger partial charge is 0.258 e. The molecule has 0 saturated carbocycles. The first kappa shape index (κ1) is 11.1. The van der Waals surface area contributed by atoms with Gasteiger partial charge in [0.25, 0.3) is 5.91 Å². The Hall–Kier alpha value is -2.43. The van der Waals surface area contributed by atoms with Gasteiger partial charge in [0.05, 0.1) is 5.56 Å². The van der Waals surface area contributed by atoms with Crippen molar-refractivity contribution in [2.75, 3.05) is 5.32 Å². The zero-order valence-electron chi connectivity index (χ0n) is 9.21. The lowest BCUT2D eigenvalue weighted by Gasteiger charge is -2.06. The number of phenolic OH excluding ortho intramolecular Hbond substituents is 1. The molecule has 5 nitrogen and oxygen atoms in total. The first-order valence-electron chi connectivity index (χ1n) is 5.03. The van der Waals surface area contributed by atoms with Crippen LogP contribution in [0.2, 0.25) is 0 Å². The number of amides is 1. The van der Waals surface area contributed by atoms with E-state index in [1.807, 2.05) is 0 Å². The molecule has 0 unspecified atom stereocenters. The molecule has 1 amide bonds. The highest BCUT2D eigenvalue weighted by atomic mass is 16.3. The van der Waals surface area contributed by atoms with E-state index in [2.05, 4.69) is 15.3 Å². The molecule has 1 heterocycles. The molecule has 0 radical (unpaired) electrons. The second kappa shape index (κ2) is 4.61. The van der Waals surface area contributed by atoms with Crippen molar-refractivity contribution >= 4 is 11.6 Å². The maximum absolute atomic E-state index is 11.8. The molecule has 0 bridgehead atoms. The number of rotatable bonds is 2. The molecule has 2 rings (SSSR count). The Morgan fingerprint density at radius 3 is 2.65 bits per heavy atom. The van der Waals surface area contributed by atoms with Gasteiger partial charge in [-0.25, -0.2) is 9.97 Å². The minimum absolute atomic E-state index is 0.200. The van der Waals surface area contributed by atoms with Crippen molar-refractivity contribution < 1.29 is 9.90 Å². The van der Waals surface area contributed by atoms with Gasteiger partial charge in [-0.05, 0) is 30.7 Å². The highest BCUT2D eigenvalue weighted by molar-refractivity contribution is 6.03. The van der Waals surface area contributed by atoms with Gasteiger partial charge in [-0.1, -0.05) is 0 Å². The van der Waals surface area contributed by atoms with Gasteiger partial charge in [0, 0.05) is 18.1 Å². The molecule has 0 aliphatic heterocycles. The Balaban J connectivity index is 2.16. The first-order chi connectivity index (χ1) is 8.16. The Labute approximate surface area is 98.2 Å². The van der Waals surface area contributed by atoms with Crippen LogP contribution in [-0.2, 0) is 0 Å². The van der Waals surface area contributed by atoms with E-state index in [0.717, 1.165) is 0 Å². The summed E-state index contributed by atoms with van der Waals surface area (Å²) in [5.41, 5.74) is 1.71. The lowest BCUT2D eigenvalue weighted by molar-refractivity contribution is 0.102. The van der Waals surface area contributed by atoms with Crippen LogP contribution in [-0.4, -0.2) is 21.0 Å². The molecule has 0 saturated heterocycles. The lowest BCUT2D eigenvalue weighted by atomic mass is 10.2. The van der Waals surface area contributed by atoms with Crippen LogP contribution >= 0.6 is 0 Å². The second-order valence-corrected chi connectivity index (χ2v) is 3.58. The molecule has 5 heteroatoms. The molecule has 0 fully saturated rings. The third-order valence-electron chi connectivity index (χ3n) is 2.28. The summed E-state index contributed by atoms with van der Waals surface area (Å²) in [6.07, 6.45) is 4.24. The number of hydrogen-bond acceptors (Lipinski definition) is 4. The second-order valence-electron chi connectivity index (χ2n) is 3.58. The number of nitrogens with one attached hydrogen (secondary N) is 1. The number of anilines is 1. The van der Waals surface area contributed by atoms with Crippen LogP contribution in [0.15, 0.2) is 36.9 Å². The SMILES string of the molecule is Cc1cc(NC(=O)c2cncnc2)ccc1O. The summed E-state index contributed by atoms with van der Waals surface area (Å²) in [6.45, 7) is 1.76. The van der Waals surface area contributed by atoms with Gasteiger partial charge in [-0.15, -0.1) is 0 Å². The number of carbonyl (C=O) groups is 1. The maximum Gasteiger partial charge on any atom is 0.258 e. The summed E-state index contributed by atoms with van der Waals surface area (Å²) in [4.78, 5) is 19.3. The highest BCUT2D eigenvalue weighted by Gasteiger charge is 2.06. The quantitative estimate of drug-likeness (QED) is 0.769. The van der Waals surface area contributed by atoms with E-state index in [9.17, 15) is 9.90 Å². The molecule has 0 aliphatic carbocycles. The van der Waals surface area contributed by atoms with Gasteiger partial charge >= 0.3 is 0 Å². The number of aromatic hydroxyl groups is 1. The molecule has 0 atom stereocenters. The Bertz CT molecular complexity index is 541. The van der Waals surface area contributed by atoms with Gasteiger partial charge in [0.15, 0.2) is 0 Å². The number of benzene rings is 1. The van der Waals surface area contributed by atoms with Crippen molar-refractivity contribution in [3.63, 3.8) is 0 Å². The Morgan fingerprint density at radius 2 is 2.00 bits per heavy atom. The largest absolute Gasteiger partial charge is 0.508 e. The van der Waals surface area contributed by atoms with Crippen molar-refractivity contribution in [2.45, 2.75) is 6.92 Å². The summed E-state index contributed by atoms with van der Waals surface area (Å²) in [5.74, 6) is -0.0817. The van der Waals surface area contributed by atoms with E-state index in [-0.39, 0.29) is 11.7 Å². The highest BCUT2D eigenvalue weighted by Crippen LogP contribution is 2.20. The van der Waals surface area contributed by atoms with Crippen molar-refractivity contribution in [1.29, 1.82) is 0 Å². The molecule has 2 N–H and O–H groups in total. The van der Waals surface area contributed by atoms with Crippen LogP contribution < -0.4 is 5.32 Å². The van der Waals surface area contributed by atoms with Crippen molar-refractivity contribution in [1.82, 2.24) is 9.97 Å². The van der Waals surface area contributed by atoms with Crippen LogP contribution in [0.4, 0.5) is 5.69 Å². The van der Waals surface area contributed by atoms with E-state index in [4.69, 9.17) is 0 Å². The lowest BCUT2D eigenvalue weighted by Crippen LogP contribution is -2.12. The van der Waals surface area contributed by atoms with Crippen molar-refractivity contribution in [2.24, 2.45) is 0 Å². The number of phenols is 1. The summed E-state index contributed by atoms with van der Waals surface area (Å²) >= 11 is 0. The van der Waals surface area contributed by atoms with Crippen molar-refractivity contribution in [3.05, 3.63) is 48.0 Å². The van der Waals surface area contributed by atoms with E-state index in [1.165, 1.54) is 24.8 Å². The van der Waals surface area contributed by atoms with E-state index < -0.39 is 0 Å². The predicted molar refractivity (Wildman–Crippen MR) is 62.8 cm³/mol. The Morgan fingerprint density at radius 1 is 1.29 bits per heavy atom. The average molecular weight is 229 g/mol. The fourth-order valence-electron chi connectivity index (χ4n) is 1.35. The van der Waals surface area contributed by atoms with Crippen LogP contribution in [0.5, 0.6) is 5.75 Å². The maximum atomic E-state index is 11.8. The zero-order chi connectivity index (χ0) is 12.3. The minimum atomic E-state index is -0.282. The van der Waals surface area contributed by atoms with Crippen LogP contribution in [0.25, 0.3) is 0 Å². The van der Waals surface area contributed by atoms with E-state index >= 15 is 0 Å². The standard InChI is InChI=1S/C12H11N3O2/c1-8-4-10(2-3-11(8)16)15-12(17)9-5-13-7-14-6-9/h2-7,16H,1H3,(H,15,17). The molecular formula is C12H11N3O2. The average Bonchev–Trinajstić information content (AvgIpc) is 2.35. The number of carbonyl (C=O) groups excluding carboxylic acids is 1. The van der Waals surface area contributed by atoms with Gasteiger partial charge < -0.3 is 10.4 Å². The number of nitrogens with zero attached hydrogens (tertiary/aromatic N) is 2. The fourth-order valence-corrected chi connectivity index (χ4v) is 1.35. The van der Waals surface area contributed by atoms with Gasteiger partial charge in [0.2, 0.25) is 0 Å². The van der Waals surface area contributed by atoms with Crippen molar-refractivity contribution in [3.8, 4) is 5.75 Å². The number of hydrogen-bond donors (Lipinski definition) is 2. The van der Waals surface area contributed by atoms with Gasteiger partial charge in [-0.3, -0.25) is 4.79 Å². The molecular weight excluding hydrogens is 218 g/mol. The zero-order valence-corrected chi connectivity index (χ0v) is 9.21. The summed E-state index contributed by atoms with van der Waals surface area (Å²) in [6, 6.07) is 4.85.